The number of nitrogens with zero attached hydrogens (tertiary/aromatic N) is 1. The van der Waals surface area contributed by atoms with Crippen LogP contribution >= 0.6 is 0 Å². The molecule has 0 amide bonds. The maximum atomic E-state index is 10.5. The number of carboxylic acids is 1. The first-order valence-electron chi connectivity index (χ1n) is 8.07. The number of aliphatic carboxylic acids is 1. The van der Waals surface area contributed by atoms with Crippen LogP contribution in [0.15, 0.2) is 41.4 Å². The molecule has 1 aromatic carbocycles. The van der Waals surface area contributed by atoms with E-state index in [0.29, 0.717) is 0 Å². The monoisotopic (exact) mass is 337 g/mol. The minimum atomic E-state index is -1.06. The predicted molar refractivity (Wildman–Crippen MR) is 94.2 cm³/mol. The third-order valence-electron chi connectivity index (χ3n) is 3.22. The van der Waals surface area contributed by atoms with E-state index in [4.69, 9.17) is 5.11 Å². The molecule has 0 aromatic heterocycles. The van der Waals surface area contributed by atoms with Gasteiger partial charge in [0.25, 0.3) is 0 Å². The standard InChI is InChI=1S/C10H10O3.C8H17NO2/c1-13-9(10(11)12)7-8-5-3-2-4-6-8;1-3-4-5-6-7-8(2)11-9-10/h2-7H,1H3,(H,11,12);8H,3-7H2,1-2H3. The van der Waals surface area contributed by atoms with Crippen LogP contribution in [0.4, 0.5) is 0 Å². The third kappa shape index (κ3) is 11.2. The maximum Gasteiger partial charge on any atom is 0.371 e. The van der Waals surface area contributed by atoms with Crippen molar-refractivity contribution in [3.8, 4) is 0 Å². The summed E-state index contributed by atoms with van der Waals surface area (Å²) in [6, 6.07) is 9.15. The minimum Gasteiger partial charge on any atom is -0.490 e. The Balaban J connectivity index is 0.000000449. The summed E-state index contributed by atoms with van der Waals surface area (Å²) in [5.41, 5.74) is 0.807. The van der Waals surface area contributed by atoms with Crippen LogP contribution in [0.25, 0.3) is 6.08 Å². The van der Waals surface area contributed by atoms with Gasteiger partial charge < -0.3 is 14.7 Å². The van der Waals surface area contributed by atoms with Crippen LogP contribution in [0.3, 0.4) is 0 Å². The molecule has 0 bridgehead atoms. The number of unbranched alkanes of at least 4 members (excludes halogenated alkanes) is 3. The zero-order chi connectivity index (χ0) is 18.2. The van der Waals surface area contributed by atoms with Crippen molar-refractivity contribution < 1.29 is 19.5 Å². The Morgan fingerprint density at radius 1 is 1.25 bits per heavy atom. The number of ether oxygens (including phenoxy) is 1. The molecule has 24 heavy (non-hydrogen) atoms. The van der Waals surface area contributed by atoms with Gasteiger partial charge in [0, 0.05) is 0 Å². The maximum absolute atomic E-state index is 10.5. The summed E-state index contributed by atoms with van der Waals surface area (Å²) in [4.78, 5) is 24.7. The second kappa shape index (κ2) is 14.2. The van der Waals surface area contributed by atoms with Gasteiger partial charge in [0.2, 0.25) is 5.76 Å². The lowest BCUT2D eigenvalue weighted by atomic mass is 10.1. The smallest absolute Gasteiger partial charge is 0.371 e. The Kier molecular flexibility index (Phi) is 12.8. The van der Waals surface area contributed by atoms with Crippen LogP contribution in [0, 0.1) is 4.91 Å². The van der Waals surface area contributed by atoms with E-state index in [1.165, 1.54) is 32.4 Å². The highest BCUT2D eigenvalue weighted by Gasteiger charge is 2.05. The molecule has 0 heterocycles. The fourth-order valence-electron chi connectivity index (χ4n) is 1.89. The average Bonchev–Trinajstić information content (AvgIpc) is 2.58. The number of carbonyl (C=O) groups is 1. The van der Waals surface area contributed by atoms with Gasteiger partial charge in [-0.25, -0.2) is 4.79 Å². The molecule has 0 spiro atoms. The fraction of sp³-hybridized carbons (Fsp3) is 0.500. The van der Waals surface area contributed by atoms with Crippen molar-refractivity contribution >= 4 is 12.0 Å². The molecule has 1 rings (SSSR count). The van der Waals surface area contributed by atoms with E-state index in [-0.39, 0.29) is 11.9 Å². The number of carboxylic acid groups (broad SMARTS) is 1. The van der Waals surface area contributed by atoms with Crippen molar-refractivity contribution in [1.29, 1.82) is 0 Å². The number of benzene rings is 1. The van der Waals surface area contributed by atoms with Gasteiger partial charge in [0.05, 0.1) is 7.11 Å². The lowest BCUT2D eigenvalue weighted by molar-refractivity contribution is -0.135. The summed E-state index contributed by atoms with van der Waals surface area (Å²) in [6.07, 6.45) is 7.26. The summed E-state index contributed by atoms with van der Waals surface area (Å²) in [7, 11) is 1.34. The van der Waals surface area contributed by atoms with E-state index in [1.807, 2.05) is 37.3 Å². The molecule has 1 N–H and O–H groups in total. The quantitative estimate of drug-likeness (QED) is 0.218. The van der Waals surface area contributed by atoms with Crippen LogP contribution < -0.4 is 0 Å². The van der Waals surface area contributed by atoms with E-state index in [1.54, 1.807) is 0 Å². The molecule has 1 atom stereocenters. The average molecular weight is 337 g/mol. The summed E-state index contributed by atoms with van der Waals surface area (Å²) < 4.78 is 4.68. The van der Waals surface area contributed by atoms with E-state index in [2.05, 4.69) is 21.8 Å². The van der Waals surface area contributed by atoms with Gasteiger partial charge in [-0.2, -0.15) is 0 Å². The Bertz CT molecular complexity index is 487. The number of hydrogen-bond donors (Lipinski definition) is 1. The molecule has 0 fully saturated rings. The van der Waals surface area contributed by atoms with Crippen molar-refractivity contribution in [2.75, 3.05) is 7.11 Å². The Hall–Kier alpha value is -2.37. The van der Waals surface area contributed by atoms with E-state index < -0.39 is 5.97 Å². The van der Waals surface area contributed by atoms with Gasteiger partial charge in [0.1, 0.15) is 6.10 Å². The molecule has 0 saturated carbocycles. The molecule has 6 nitrogen and oxygen atoms in total. The first-order chi connectivity index (χ1) is 11.5. The van der Waals surface area contributed by atoms with Crippen LogP contribution in [0.5, 0.6) is 0 Å². The Morgan fingerprint density at radius 2 is 1.92 bits per heavy atom. The number of hydrogen-bond acceptors (Lipinski definition) is 5. The van der Waals surface area contributed by atoms with Crippen molar-refractivity contribution in [3.05, 3.63) is 46.6 Å². The second-order valence-corrected chi connectivity index (χ2v) is 5.27. The van der Waals surface area contributed by atoms with Crippen molar-refractivity contribution in [1.82, 2.24) is 0 Å². The van der Waals surface area contributed by atoms with Crippen LogP contribution in [-0.4, -0.2) is 24.3 Å². The van der Waals surface area contributed by atoms with Crippen LogP contribution in [-0.2, 0) is 14.4 Å². The van der Waals surface area contributed by atoms with Gasteiger partial charge in [-0.05, 0) is 31.4 Å². The van der Waals surface area contributed by atoms with E-state index >= 15 is 0 Å². The first kappa shape index (κ1) is 21.6. The highest BCUT2D eigenvalue weighted by atomic mass is 16.7. The zero-order valence-electron chi connectivity index (χ0n) is 14.6. The van der Waals surface area contributed by atoms with Crippen molar-refractivity contribution in [2.45, 2.75) is 52.1 Å². The lowest BCUT2D eigenvalue weighted by Gasteiger charge is -2.05. The molecule has 6 heteroatoms. The summed E-state index contributed by atoms with van der Waals surface area (Å²) >= 11 is 0. The van der Waals surface area contributed by atoms with E-state index in [9.17, 15) is 9.70 Å². The second-order valence-electron chi connectivity index (χ2n) is 5.27. The van der Waals surface area contributed by atoms with Crippen molar-refractivity contribution in [3.63, 3.8) is 0 Å². The summed E-state index contributed by atoms with van der Waals surface area (Å²) in [5, 5.41) is 11.0. The van der Waals surface area contributed by atoms with Gasteiger partial charge >= 0.3 is 5.97 Å². The predicted octanol–water partition coefficient (Wildman–Crippen LogP) is 4.80. The third-order valence-corrected chi connectivity index (χ3v) is 3.22. The summed E-state index contributed by atoms with van der Waals surface area (Å²) in [5.74, 6) is -1.13. The normalized spacial score (nSPS) is 11.7. The van der Waals surface area contributed by atoms with Crippen LogP contribution in [0.1, 0.15) is 51.5 Å². The molecule has 1 unspecified atom stereocenters. The molecular formula is C18H27NO5. The molecule has 0 aliphatic carbocycles. The first-order valence-corrected chi connectivity index (χ1v) is 8.07. The molecule has 0 aliphatic rings. The lowest BCUT2D eigenvalue weighted by Crippen LogP contribution is -2.02. The van der Waals surface area contributed by atoms with Gasteiger partial charge in [-0.1, -0.05) is 56.5 Å². The van der Waals surface area contributed by atoms with Crippen LogP contribution in [0.2, 0.25) is 0 Å². The Labute approximate surface area is 143 Å². The fourth-order valence-corrected chi connectivity index (χ4v) is 1.89. The molecule has 0 saturated heterocycles. The van der Waals surface area contributed by atoms with Crippen molar-refractivity contribution in [2.24, 2.45) is 5.34 Å². The highest BCUT2D eigenvalue weighted by Crippen LogP contribution is 2.08. The molecule has 0 radical (unpaired) electrons. The minimum absolute atomic E-state index is 0.00986. The number of rotatable bonds is 10. The topological polar surface area (TPSA) is 85.2 Å². The summed E-state index contributed by atoms with van der Waals surface area (Å²) in [6.45, 7) is 4.04. The van der Waals surface area contributed by atoms with Gasteiger partial charge in [-0.15, -0.1) is 4.91 Å². The molecule has 134 valence electrons. The SMILES string of the molecule is CCCCCCC(C)ON=O.COC(=Cc1ccccc1)C(=O)O. The van der Waals surface area contributed by atoms with Gasteiger partial charge in [-0.3, -0.25) is 0 Å². The molecule has 0 aliphatic heterocycles. The highest BCUT2D eigenvalue weighted by molar-refractivity contribution is 5.89. The molecule has 1 aromatic rings. The number of methoxy groups -OCH3 is 1. The Morgan fingerprint density at radius 3 is 2.42 bits per heavy atom. The largest absolute Gasteiger partial charge is 0.490 e. The van der Waals surface area contributed by atoms with E-state index in [0.717, 1.165) is 18.4 Å². The van der Waals surface area contributed by atoms with Gasteiger partial charge in [0.15, 0.2) is 5.34 Å². The zero-order valence-corrected chi connectivity index (χ0v) is 14.6. The molecular weight excluding hydrogens is 310 g/mol.